The van der Waals surface area contributed by atoms with E-state index in [2.05, 4.69) is 39.6 Å². The van der Waals surface area contributed by atoms with Crippen LogP contribution in [0.4, 0.5) is 0 Å². The minimum Gasteiger partial charge on any atom is -0.319 e. The third-order valence-corrected chi connectivity index (χ3v) is 4.30. The molecule has 0 spiro atoms. The molecule has 1 aromatic rings. The standard InChI is InChI=1S/C11H18BrNS/c1-3-4-9(8-13-2)7-11-10(12)5-6-14-11/h5-6,9,13H,3-4,7-8H2,1-2H3. The molecule has 0 aromatic carbocycles. The number of nitrogens with one attached hydrogen (secondary N) is 1. The molecular formula is C11H18BrNS. The van der Waals surface area contributed by atoms with E-state index in [9.17, 15) is 0 Å². The number of thiophene rings is 1. The average Bonchev–Trinajstić information content (AvgIpc) is 2.53. The van der Waals surface area contributed by atoms with Gasteiger partial charge in [0.05, 0.1) is 0 Å². The second-order valence-electron chi connectivity index (χ2n) is 3.61. The zero-order valence-electron chi connectivity index (χ0n) is 8.85. The van der Waals surface area contributed by atoms with E-state index in [1.165, 1.54) is 28.6 Å². The highest BCUT2D eigenvalue weighted by atomic mass is 79.9. The first-order valence-electron chi connectivity index (χ1n) is 5.14. The summed E-state index contributed by atoms with van der Waals surface area (Å²) in [6.45, 7) is 3.38. The molecule has 0 radical (unpaired) electrons. The lowest BCUT2D eigenvalue weighted by Gasteiger charge is -2.14. The Hall–Kier alpha value is 0.140. The van der Waals surface area contributed by atoms with Gasteiger partial charge in [-0.05, 0) is 59.7 Å². The van der Waals surface area contributed by atoms with Gasteiger partial charge in [0.25, 0.3) is 0 Å². The van der Waals surface area contributed by atoms with Crippen LogP contribution in [0.3, 0.4) is 0 Å². The van der Waals surface area contributed by atoms with Crippen LogP contribution in [0.25, 0.3) is 0 Å². The van der Waals surface area contributed by atoms with Gasteiger partial charge in [0.1, 0.15) is 0 Å². The van der Waals surface area contributed by atoms with Gasteiger partial charge in [0.15, 0.2) is 0 Å². The van der Waals surface area contributed by atoms with Crippen LogP contribution in [-0.2, 0) is 6.42 Å². The van der Waals surface area contributed by atoms with E-state index in [1.54, 1.807) is 0 Å². The summed E-state index contributed by atoms with van der Waals surface area (Å²) in [5.41, 5.74) is 0. The number of hydrogen-bond donors (Lipinski definition) is 1. The summed E-state index contributed by atoms with van der Waals surface area (Å²) in [6.07, 6.45) is 3.79. The highest BCUT2D eigenvalue weighted by Gasteiger charge is 2.10. The normalized spacial score (nSPS) is 13.1. The molecule has 0 bridgehead atoms. The van der Waals surface area contributed by atoms with Crippen LogP contribution < -0.4 is 5.32 Å². The Morgan fingerprint density at radius 2 is 2.36 bits per heavy atom. The third-order valence-electron chi connectivity index (χ3n) is 2.35. The van der Waals surface area contributed by atoms with Gasteiger partial charge >= 0.3 is 0 Å². The maximum atomic E-state index is 3.59. The van der Waals surface area contributed by atoms with Crippen LogP contribution in [0.1, 0.15) is 24.6 Å². The van der Waals surface area contributed by atoms with Crippen molar-refractivity contribution in [3.05, 3.63) is 20.8 Å². The number of hydrogen-bond acceptors (Lipinski definition) is 2. The second-order valence-corrected chi connectivity index (χ2v) is 5.46. The monoisotopic (exact) mass is 275 g/mol. The number of rotatable bonds is 6. The second kappa shape index (κ2) is 6.59. The Morgan fingerprint density at radius 3 is 2.86 bits per heavy atom. The summed E-state index contributed by atoms with van der Waals surface area (Å²) in [6, 6.07) is 2.14. The molecule has 1 nitrogen and oxygen atoms in total. The summed E-state index contributed by atoms with van der Waals surface area (Å²) in [5.74, 6) is 0.778. The van der Waals surface area contributed by atoms with Crippen LogP contribution in [-0.4, -0.2) is 13.6 Å². The molecule has 0 amide bonds. The predicted molar refractivity (Wildman–Crippen MR) is 68.0 cm³/mol. The van der Waals surface area contributed by atoms with Crippen molar-refractivity contribution < 1.29 is 0 Å². The van der Waals surface area contributed by atoms with Crippen molar-refractivity contribution in [2.45, 2.75) is 26.2 Å². The Bertz CT molecular complexity index is 254. The molecule has 14 heavy (non-hydrogen) atoms. The summed E-state index contributed by atoms with van der Waals surface area (Å²) in [5, 5.41) is 5.43. The molecule has 1 heterocycles. The highest BCUT2D eigenvalue weighted by molar-refractivity contribution is 9.10. The van der Waals surface area contributed by atoms with Gasteiger partial charge < -0.3 is 5.32 Å². The van der Waals surface area contributed by atoms with E-state index >= 15 is 0 Å². The first-order valence-corrected chi connectivity index (χ1v) is 6.81. The SMILES string of the molecule is CCCC(CNC)Cc1sccc1Br. The van der Waals surface area contributed by atoms with Crippen molar-refractivity contribution in [2.24, 2.45) is 5.92 Å². The van der Waals surface area contributed by atoms with E-state index < -0.39 is 0 Å². The van der Waals surface area contributed by atoms with Gasteiger partial charge in [0, 0.05) is 9.35 Å². The van der Waals surface area contributed by atoms with Crippen molar-refractivity contribution >= 4 is 27.3 Å². The lowest BCUT2D eigenvalue weighted by molar-refractivity contribution is 0.458. The van der Waals surface area contributed by atoms with E-state index in [4.69, 9.17) is 0 Å². The molecule has 1 atom stereocenters. The molecule has 0 saturated heterocycles. The summed E-state index contributed by atoms with van der Waals surface area (Å²) < 4.78 is 1.28. The minimum atomic E-state index is 0.778. The molecule has 0 saturated carbocycles. The molecular weight excluding hydrogens is 258 g/mol. The van der Waals surface area contributed by atoms with Gasteiger partial charge in [0.2, 0.25) is 0 Å². The Labute approximate surface area is 99.0 Å². The topological polar surface area (TPSA) is 12.0 Å². The number of halogens is 1. The first-order chi connectivity index (χ1) is 6.77. The molecule has 80 valence electrons. The van der Waals surface area contributed by atoms with E-state index in [-0.39, 0.29) is 0 Å². The molecule has 0 aliphatic heterocycles. The Balaban J connectivity index is 2.50. The third kappa shape index (κ3) is 3.71. The van der Waals surface area contributed by atoms with E-state index in [0.717, 1.165) is 12.5 Å². The summed E-state index contributed by atoms with van der Waals surface area (Å²) in [4.78, 5) is 1.48. The van der Waals surface area contributed by atoms with Crippen molar-refractivity contribution in [2.75, 3.05) is 13.6 Å². The minimum absolute atomic E-state index is 0.778. The molecule has 1 N–H and O–H groups in total. The zero-order chi connectivity index (χ0) is 10.4. The Kier molecular flexibility index (Phi) is 5.75. The van der Waals surface area contributed by atoms with Crippen molar-refractivity contribution in [1.82, 2.24) is 5.32 Å². The fourth-order valence-corrected chi connectivity index (χ4v) is 3.34. The largest absolute Gasteiger partial charge is 0.319 e. The van der Waals surface area contributed by atoms with Crippen LogP contribution in [0.2, 0.25) is 0 Å². The molecule has 0 aliphatic carbocycles. The lowest BCUT2D eigenvalue weighted by atomic mass is 9.99. The fraction of sp³-hybridized carbons (Fsp3) is 0.636. The van der Waals surface area contributed by atoms with Crippen molar-refractivity contribution in [1.29, 1.82) is 0 Å². The molecule has 3 heteroatoms. The maximum absolute atomic E-state index is 3.59. The van der Waals surface area contributed by atoms with Crippen molar-refractivity contribution in [3.8, 4) is 0 Å². The highest BCUT2D eigenvalue weighted by Crippen LogP contribution is 2.26. The lowest BCUT2D eigenvalue weighted by Crippen LogP contribution is -2.20. The van der Waals surface area contributed by atoms with Crippen LogP contribution in [0, 0.1) is 5.92 Å². The molecule has 1 unspecified atom stereocenters. The van der Waals surface area contributed by atoms with Crippen molar-refractivity contribution in [3.63, 3.8) is 0 Å². The van der Waals surface area contributed by atoms with E-state index in [1.807, 2.05) is 18.4 Å². The van der Waals surface area contributed by atoms with Gasteiger partial charge in [-0.1, -0.05) is 13.3 Å². The van der Waals surface area contributed by atoms with Crippen LogP contribution >= 0.6 is 27.3 Å². The molecule has 0 fully saturated rings. The van der Waals surface area contributed by atoms with Crippen LogP contribution in [0.5, 0.6) is 0 Å². The summed E-state index contributed by atoms with van der Waals surface area (Å²) in [7, 11) is 2.03. The predicted octanol–water partition coefficient (Wildman–Crippen LogP) is 3.69. The molecule has 1 aromatic heterocycles. The van der Waals surface area contributed by atoms with Gasteiger partial charge in [-0.2, -0.15) is 0 Å². The molecule has 1 rings (SSSR count). The zero-order valence-corrected chi connectivity index (χ0v) is 11.2. The first kappa shape index (κ1) is 12.2. The fourth-order valence-electron chi connectivity index (χ4n) is 1.71. The molecule has 0 aliphatic rings. The summed E-state index contributed by atoms with van der Waals surface area (Å²) >= 11 is 5.44. The Morgan fingerprint density at radius 1 is 1.57 bits per heavy atom. The average molecular weight is 276 g/mol. The van der Waals surface area contributed by atoms with Crippen LogP contribution in [0.15, 0.2) is 15.9 Å². The van der Waals surface area contributed by atoms with E-state index in [0.29, 0.717) is 0 Å². The quantitative estimate of drug-likeness (QED) is 0.835. The maximum Gasteiger partial charge on any atom is 0.0314 e. The van der Waals surface area contributed by atoms with Gasteiger partial charge in [-0.3, -0.25) is 0 Å². The smallest absolute Gasteiger partial charge is 0.0314 e. The van der Waals surface area contributed by atoms with Gasteiger partial charge in [-0.15, -0.1) is 11.3 Å². The van der Waals surface area contributed by atoms with Gasteiger partial charge in [-0.25, -0.2) is 0 Å².